The maximum atomic E-state index is 13.2. The van der Waals surface area contributed by atoms with Crippen LogP contribution in [0.4, 0.5) is 13.2 Å². The molecule has 0 aliphatic rings. The Bertz CT molecular complexity index is 843. The van der Waals surface area contributed by atoms with Crippen molar-refractivity contribution >= 4 is 27.7 Å². The molecule has 1 aromatic heterocycles. The van der Waals surface area contributed by atoms with Crippen molar-refractivity contribution in [2.75, 3.05) is 6.26 Å². The molecule has 4 nitrogen and oxygen atoms in total. The van der Waals surface area contributed by atoms with E-state index in [-0.39, 0.29) is 32.9 Å². The molecular formula is C14H9BrF3N3OS. The fourth-order valence-electron chi connectivity index (χ4n) is 1.97. The van der Waals surface area contributed by atoms with Gasteiger partial charge in [-0.1, -0.05) is 39.8 Å². The molecule has 0 radical (unpaired) electrons. The number of aromatic amines is 1. The highest BCUT2D eigenvalue weighted by molar-refractivity contribution is 9.08. The molecule has 1 heterocycles. The maximum Gasteiger partial charge on any atom is 0.416 e. The van der Waals surface area contributed by atoms with Crippen molar-refractivity contribution < 1.29 is 13.2 Å². The lowest BCUT2D eigenvalue weighted by molar-refractivity contribution is -0.138. The van der Waals surface area contributed by atoms with Crippen molar-refractivity contribution in [1.29, 1.82) is 5.26 Å². The summed E-state index contributed by atoms with van der Waals surface area (Å²) in [7, 11) is 0. The predicted octanol–water partition coefficient (Wildman–Crippen LogP) is 3.94. The van der Waals surface area contributed by atoms with Gasteiger partial charge in [-0.05, 0) is 17.9 Å². The van der Waals surface area contributed by atoms with Gasteiger partial charge >= 0.3 is 6.18 Å². The average Bonchev–Trinajstić information content (AvgIpc) is 2.52. The van der Waals surface area contributed by atoms with Gasteiger partial charge in [-0.3, -0.25) is 4.79 Å². The molecule has 0 atom stereocenters. The number of H-pyrrole nitrogens is 1. The van der Waals surface area contributed by atoms with E-state index in [0.717, 1.165) is 17.8 Å². The van der Waals surface area contributed by atoms with E-state index in [1.54, 1.807) is 12.3 Å². The Kier molecular flexibility index (Phi) is 5.16. The van der Waals surface area contributed by atoms with E-state index in [4.69, 9.17) is 5.26 Å². The topological polar surface area (TPSA) is 69.5 Å². The van der Waals surface area contributed by atoms with E-state index in [2.05, 4.69) is 25.9 Å². The summed E-state index contributed by atoms with van der Waals surface area (Å²) in [6.45, 7) is 0. The number of halogens is 4. The first kappa shape index (κ1) is 17.6. The van der Waals surface area contributed by atoms with Gasteiger partial charge in [-0.25, -0.2) is 4.98 Å². The normalized spacial score (nSPS) is 11.3. The zero-order valence-corrected chi connectivity index (χ0v) is 14.1. The fraction of sp³-hybridized carbons (Fsp3) is 0.214. The standard InChI is InChI=1S/C14H9BrF3N3OS/c1-23-13-20-11(9(6-19)12(22)21-13)7-2-3-8(5-15)10(4-7)14(16,17)18/h2-4H,5H2,1H3,(H,20,21,22). The molecule has 0 amide bonds. The highest BCUT2D eigenvalue weighted by Gasteiger charge is 2.33. The van der Waals surface area contributed by atoms with Crippen molar-refractivity contribution in [3.63, 3.8) is 0 Å². The van der Waals surface area contributed by atoms with Crippen LogP contribution in [-0.2, 0) is 11.5 Å². The molecule has 1 N–H and O–H groups in total. The Morgan fingerprint density at radius 1 is 1.43 bits per heavy atom. The Morgan fingerprint density at radius 3 is 2.65 bits per heavy atom. The van der Waals surface area contributed by atoms with Crippen LogP contribution >= 0.6 is 27.7 Å². The lowest BCUT2D eigenvalue weighted by Crippen LogP contribution is -2.15. The number of benzene rings is 1. The van der Waals surface area contributed by atoms with E-state index in [9.17, 15) is 18.0 Å². The van der Waals surface area contributed by atoms with Crippen LogP contribution in [0.3, 0.4) is 0 Å². The second-order valence-corrected chi connectivity index (χ2v) is 5.77. The summed E-state index contributed by atoms with van der Waals surface area (Å²) in [6, 6.07) is 5.32. The first-order valence-corrected chi connectivity index (χ1v) is 8.51. The monoisotopic (exact) mass is 403 g/mol. The highest BCUT2D eigenvalue weighted by atomic mass is 79.9. The fourth-order valence-corrected chi connectivity index (χ4v) is 2.83. The minimum Gasteiger partial charge on any atom is -0.300 e. The van der Waals surface area contributed by atoms with E-state index >= 15 is 0 Å². The first-order chi connectivity index (χ1) is 10.8. The summed E-state index contributed by atoms with van der Waals surface area (Å²) in [5.74, 6) is 0. The number of nitriles is 1. The molecule has 0 saturated carbocycles. The molecule has 2 rings (SSSR count). The van der Waals surface area contributed by atoms with Crippen molar-refractivity contribution in [1.82, 2.24) is 9.97 Å². The quantitative estimate of drug-likeness (QED) is 0.478. The summed E-state index contributed by atoms with van der Waals surface area (Å²) in [5, 5.41) is 9.37. The molecule has 0 fully saturated rings. The number of hydrogen-bond acceptors (Lipinski definition) is 4. The number of alkyl halides is 4. The van der Waals surface area contributed by atoms with Gasteiger partial charge in [-0.2, -0.15) is 18.4 Å². The largest absolute Gasteiger partial charge is 0.416 e. The van der Waals surface area contributed by atoms with Crippen LogP contribution in [0, 0.1) is 11.3 Å². The van der Waals surface area contributed by atoms with Gasteiger partial charge in [0.2, 0.25) is 0 Å². The minimum absolute atomic E-state index is 0.0338. The van der Waals surface area contributed by atoms with Crippen molar-refractivity contribution in [3.8, 4) is 17.3 Å². The Hall–Kier alpha value is -1.79. The number of rotatable bonds is 3. The summed E-state index contributed by atoms with van der Waals surface area (Å²) in [4.78, 5) is 18.3. The second-order valence-electron chi connectivity index (χ2n) is 4.41. The van der Waals surface area contributed by atoms with Crippen LogP contribution in [0.15, 0.2) is 28.2 Å². The maximum absolute atomic E-state index is 13.2. The number of nitrogens with one attached hydrogen (secondary N) is 1. The molecule has 0 aliphatic heterocycles. The lowest BCUT2D eigenvalue weighted by atomic mass is 10.0. The smallest absolute Gasteiger partial charge is 0.300 e. The van der Waals surface area contributed by atoms with E-state index in [0.29, 0.717) is 0 Å². The third-order valence-corrected chi connectivity index (χ3v) is 4.22. The molecule has 2 aromatic rings. The number of hydrogen-bond donors (Lipinski definition) is 1. The molecule has 23 heavy (non-hydrogen) atoms. The van der Waals surface area contributed by atoms with E-state index < -0.39 is 17.3 Å². The van der Waals surface area contributed by atoms with Gasteiger partial charge in [0.1, 0.15) is 11.6 Å². The summed E-state index contributed by atoms with van der Waals surface area (Å²) < 4.78 is 39.5. The Morgan fingerprint density at radius 2 is 2.13 bits per heavy atom. The highest BCUT2D eigenvalue weighted by Crippen LogP contribution is 2.36. The zero-order valence-electron chi connectivity index (χ0n) is 11.7. The van der Waals surface area contributed by atoms with Crippen LogP contribution in [-0.4, -0.2) is 16.2 Å². The summed E-state index contributed by atoms with van der Waals surface area (Å²) in [6.07, 6.45) is -2.89. The summed E-state index contributed by atoms with van der Waals surface area (Å²) in [5.41, 5.74) is -1.76. The minimum atomic E-state index is -4.55. The molecule has 1 aromatic carbocycles. The second kappa shape index (κ2) is 6.76. The number of nitrogens with zero attached hydrogens (tertiary/aromatic N) is 2. The third-order valence-electron chi connectivity index (χ3n) is 3.04. The van der Waals surface area contributed by atoms with Crippen LogP contribution < -0.4 is 5.56 Å². The average molecular weight is 404 g/mol. The lowest BCUT2D eigenvalue weighted by Gasteiger charge is -2.13. The van der Waals surface area contributed by atoms with Gasteiger partial charge in [0, 0.05) is 10.9 Å². The first-order valence-electron chi connectivity index (χ1n) is 6.16. The molecule has 9 heteroatoms. The van der Waals surface area contributed by atoms with Crippen LogP contribution in [0.5, 0.6) is 0 Å². The van der Waals surface area contributed by atoms with Crippen LogP contribution in [0.25, 0.3) is 11.3 Å². The van der Waals surface area contributed by atoms with Crippen LogP contribution in [0.1, 0.15) is 16.7 Å². The van der Waals surface area contributed by atoms with Gasteiger partial charge < -0.3 is 4.98 Å². The van der Waals surface area contributed by atoms with Crippen molar-refractivity contribution in [3.05, 3.63) is 45.2 Å². The van der Waals surface area contributed by atoms with Crippen molar-refractivity contribution in [2.45, 2.75) is 16.7 Å². The molecular weight excluding hydrogens is 395 g/mol. The molecule has 120 valence electrons. The van der Waals surface area contributed by atoms with Gasteiger partial charge in [-0.15, -0.1) is 0 Å². The third kappa shape index (κ3) is 3.59. The Labute approximate surface area is 141 Å². The molecule has 0 aliphatic carbocycles. The van der Waals surface area contributed by atoms with E-state index in [1.807, 2.05) is 0 Å². The molecule has 0 bridgehead atoms. The van der Waals surface area contributed by atoms with Crippen LogP contribution in [0.2, 0.25) is 0 Å². The predicted molar refractivity (Wildman–Crippen MR) is 84.4 cm³/mol. The molecule has 0 unspecified atom stereocenters. The van der Waals surface area contributed by atoms with Gasteiger partial charge in [0.25, 0.3) is 5.56 Å². The molecule has 0 saturated heterocycles. The molecule has 0 spiro atoms. The van der Waals surface area contributed by atoms with Gasteiger partial charge in [0.15, 0.2) is 5.16 Å². The Balaban J connectivity index is 2.75. The number of thioether (sulfide) groups is 1. The van der Waals surface area contributed by atoms with Gasteiger partial charge in [0.05, 0.1) is 11.3 Å². The number of aromatic nitrogens is 2. The SMILES string of the molecule is CSc1nc(-c2ccc(CBr)c(C(F)(F)F)c2)c(C#N)c(=O)[nH]1. The van der Waals surface area contributed by atoms with Crippen molar-refractivity contribution in [2.24, 2.45) is 0 Å². The summed E-state index contributed by atoms with van der Waals surface area (Å²) >= 11 is 4.14. The zero-order chi connectivity index (χ0) is 17.2. The van der Waals surface area contributed by atoms with E-state index in [1.165, 1.54) is 12.1 Å².